The van der Waals surface area contributed by atoms with Gasteiger partial charge < -0.3 is 5.11 Å². The van der Waals surface area contributed by atoms with Crippen molar-refractivity contribution in [3.8, 4) is 45.2 Å². The van der Waals surface area contributed by atoms with Crippen molar-refractivity contribution in [2.75, 3.05) is 0 Å². The second kappa shape index (κ2) is 14.2. The minimum Gasteiger partial charge on any atom is -0.507 e. The molecule has 0 radical (unpaired) electrons. The van der Waals surface area contributed by atoms with Crippen LogP contribution >= 0.6 is 0 Å². The number of phenols is 1. The Morgan fingerprint density at radius 1 is 0.672 bits per heavy atom. The molecule has 0 aliphatic heterocycles. The Bertz CT molecular complexity index is 2680. The molecule has 0 saturated heterocycles. The maximum Gasteiger partial charge on any atom is 0.148 e. The van der Waals surface area contributed by atoms with Gasteiger partial charge in [-0.25, -0.2) is 4.98 Å². The van der Waals surface area contributed by atoms with Gasteiger partial charge >= 0.3 is 0 Å². The van der Waals surface area contributed by atoms with E-state index in [9.17, 15) is 5.11 Å². The Morgan fingerprint density at radius 2 is 1.33 bits per heavy atom. The Hall–Kier alpha value is -4.79. The van der Waals surface area contributed by atoms with Gasteiger partial charge in [-0.05, 0) is 94.0 Å². The molecule has 9 rings (SSSR count). The first-order valence-electron chi connectivity index (χ1n) is 20.6. The molecule has 4 nitrogen and oxygen atoms in total. The Balaban J connectivity index is 0.00000469. The molecule has 5 heteroatoms. The summed E-state index contributed by atoms with van der Waals surface area (Å²) in [6, 6.07) is 41.1. The summed E-state index contributed by atoms with van der Waals surface area (Å²) >= 11 is 0. The number of imidazole rings is 1. The smallest absolute Gasteiger partial charge is 0.148 e. The van der Waals surface area contributed by atoms with Crippen molar-refractivity contribution in [2.24, 2.45) is 0 Å². The van der Waals surface area contributed by atoms with Crippen LogP contribution in [0.1, 0.15) is 108 Å². The van der Waals surface area contributed by atoms with E-state index in [1.54, 1.807) is 0 Å². The van der Waals surface area contributed by atoms with Gasteiger partial charge in [-0.1, -0.05) is 140 Å². The van der Waals surface area contributed by atoms with Crippen LogP contribution in [0.3, 0.4) is 0 Å². The quantitative estimate of drug-likeness (QED) is 0.179. The van der Waals surface area contributed by atoms with Crippen molar-refractivity contribution in [1.29, 1.82) is 0 Å². The summed E-state index contributed by atoms with van der Waals surface area (Å²) in [6.07, 6.45) is 6.10. The zero-order chi connectivity index (χ0) is 40.1. The van der Waals surface area contributed by atoms with Crippen LogP contribution in [0.5, 0.6) is 5.75 Å². The summed E-state index contributed by atoms with van der Waals surface area (Å²) in [6.45, 7) is 20.0. The van der Waals surface area contributed by atoms with Crippen LogP contribution in [0, 0.1) is 6.07 Å². The first-order chi connectivity index (χ1) is 27.0. The average Bonchev–Trinajstić information content (AvgIpc) is 3.86. The van der Waals surface area contributed by atoms with E-state index in [-0.39, 0.29) is 42.7 Å². The number of para-hydroxylation sites is 1. The molecule has 5 aromatic carbocycles. The molecule has 0 atom stereocenters. The number of phenolic OH excluding ortho intramolecular Hbond substituents is 1. The van der Waals surface area contributed by atoms with E-state index in [1.165, 1.54) is 33.4 Å². The Kier molecular flexibility index (Phi) is 9.79. The van der Waals surface area contributed by atoms with Gasteiger partial charge in [0.05, 0.1) is 22.3 Å². The van der Waals surface area contributed by atoms with Crippen LogP contribution in [0.2, 0.25) is 0 Å². The number of aromatic hydroxyl groups is 1. The molecule has 0 amide bonds. The molecule has 0 saturated carbocycles. The van der Waals surface area contributed by atoms with Gasteiger partial charge in [0, 0.05) is 43.9 Å². The number of fused-ring (bicyclic) bond motifs is 4. The van der Waals surface area contributed by atoms with Crippen molar-refractivity contribution in [1.82, 2.24) is 14.5 Å². The first kappa shape index (κ1) is 40.0. The maximum atomic E-state index is 12.4. The second-order valence-electron chi connectivity index (χ2n) is 19.7. The average molecular weight is 944 g/mol. The third-order valence-electron chi connectivity index (χ3n) is 12.7. The molecule has 0 bridgehead atoms. The van der Waals surface area contributed by atoms with E-state index in [0.29, 0.717) is 5.75 Å². The number of hydrogen-bond acceptors (Lipinski definition) is 3. The first-order valence-corrected chi connectivity index (χ1v) is 20.6. The zero-order valence-electron chi connectivity index (χ0n) is 35.3. The van der Waals surface area contributed by atoms with E-state index in [0.717, 1.165) is 81.7 Å². The van der Waals surface area contributed by atoms with Crippen molar-refractivity contribution >= 4 is 11.0 Å². The van der Waals surface area contributed by atoms with Gasteiger partial charge in [-0.2, -0.15) is 0 Å². The molecule has 2 aromatic heterocycles. The molecule has 0 unspecified atom stereocenters. The second-order valence-corrected chi connectivity index (χ2v) is 19.7. The molecular formula is C53H54N3OPt-. The Labute approximate surface area is 359 Å². The monoisotopic (exact) mass is 943 g/mol. The molecule has 298 valence electrons. The predicted molar refractivity (Wildman–Crippen MR) is 236 cm³/mol. The molecule has 7 aromatic rings. The van der Waals surface area contributed by atoms with Crippen molar-refractivity contribution < 1.29 is 26.2 Å². The summed E-state index contributed by atoms with van der Waals surface area (Å²) in [7, 11) is 0. The SMILES string of the molecule is CC(C)(C)c1cc(-c2ccccn2)[c-]c(-c2cccc3c2nc(-c2cc(C(C)(C)C)cc(C(C)(C)C)c2O)n3-c2cccc3c2CCC32Cc3ccccc3C2)c1.[Pt]. The molecule has 2 aliphatic rings. The zero-order valence-corrected chi connectivity index (χ0v) is 37.6. The summed E-state index contributed by atoms with van der Waals surface area (Å²) < 4.78 is 2.36. The van der Waals surface area contributed by atoms with E-state index in [2.05, 4.69) is 164 Å². The number of aromatic nitrogens is 3. The van der Waals surface area contributed by atoms with Crippen LogP contribution in [0.15, 0.2) is 109 Å². The molecule has 1 N–H and O–H groups in total. The van der Waals surface area contributed by atoms with Gasteiger partial charge in [-0.15, -0.1) is 29.3 Å². The molecule has 1 spiro atoms. The van der Waals surface area contributed by atoms with Gasteiger partial charge in [-0.3, -0.25) is 9.55 Å². The van der Waals surface area contributed by atoms with Crippen LogP contribution in [-0.4, -0.2) is 19.6 Å². The summed E-state index contributed by atoms with van der Waals surface area (Å²) in [4.78, 5) is 10.4. The molecule has 2 aliphatic carbocycles. The topological polar surface area (TPSA) is 50.9 Å². The number of pyridine rings is 1. The van der Waals surface area contributed by atoms with Gasteiger partial charge in [0.15, 0.2) is 0 Å². The van der Waals surface area contributed by atoms with Crippen molar-refractivity contribution in [3.05, 3.63) is 154 Å². The van der Waals surface area contributed by atoms with E-state index in [1.807, 2.05) is 18.3 Å². The normalized spacial score (nSPS) is 14.8. The van der Waals surface area contributed by atoms with Gasteiger partial charge in [0.1, 0.15) is 11.6 Å². The van der Waals surface area contributed by atoms with E-state index in [4.69, 9.17) is 9.97 Å². The summed E-state index contributed by atoms with van der Waals surface area (Å²) in [5, 5.41) is 12.4. The fourth-order valence-corrected chi connectivity index (χ4v) is 9.46. The molecule has 58 heavy (non-hydrogen) atoms. The van der Waals surface area contributed by atoms with E-state index < -0.39 is 0 Å². The van der Waals surface area contributed by atoms with Crippen LogP contribution in [-0.2, 0) is 62.0 Å². The molecular weight excluding hydrogens is 890 g/mol. The fourth-order valence-electron chi connectivity index (χ4n) is 9.46. The van der Waals surface area contributed by atoms with Crippen molar-refractivity contribution in [3.63, 3.8) is 0 Å². The number of nitrogens with zero attached hydrogens (tertiary/aromatic N) is 3. The molecule has 2 heterocycles. The van der Waals surface area contributed by atoms with Gasteiger partial charge in [0.2, 0.25) is 0 Å². The van der Waals surface area contributed by atoms with Crippen LogP contribution in [0.25, 0.3) is 50.5 Å². The third-order valence-corrected chi connectivity index (χ3v) is 12.7. The summed E-state index contributed by atoms with van der Waals surface area (Å²) in [5.74, 6) is 1.05. The number of benzene rings is 5. The van der Waals surface area contributed by atoms with E-state index >= 15 is 0 Å². The summed E-state index contributed by atoms with van der Waals surface area (Å²) in [5.41, 5.74) is 16.3. The third kappa shape index (κ3) is 6.76. The number of rotatable bonds is 4. The van der Waals surface area contributed by atoms with Gasteiger partial charge in [0.25, 0.3) is 0 Å². The van der Waals surface area contributed by atoms with Crippen LogP contribution < -0.4 is 0 Å². The minimum atomic E-state index is -0.288. The van der Waals surface area contributed by atoms with Crippen LogP contribution in [0.4, 0.5) is 0 Å². The van der Waals surface area contributed by atoms with Crippen molar-refractivity contribution in [2.45, 2.75) is 110 Å². The standard InChI is InChI=1S/C53H54N3O.Pt/c1-50(2,3)37-27-35(26-36(28-37)44-20-12-13-25-54-44)39-18-14-22-46-47(39)55-49(41-29-38(51(4,5)6)30-43(48(41)57)52(7,8)9)56(46)45-21-15-19-42-40(45)23-24-53(42)31-33-16-10-11-17-34(33)32-53;/h10-22,25,27-30,57H,23-24,31-32H2,1-9H3;/q-1;. The molecule has 0 fully saturated rings. The Morgan fingerprint density at radius 3 is 1.98 bits per heavy atom. The maximum absolute atomic E-state index is 12.4. The number of hydrogen-bond donors (Lipinski definition) is 1. The largest absolute Gasteiger partial charge is 0.507 e. The fraction of sp³-hybridized carbons (Fsp3) is 0.321. The predicted octanol–water partition coefficient (Wildman–Crippen LogP) is 12.8. The minimum absolute atomic E-state index is 0.